The van der Waals surface area contributed by atoms with Crippen molar-refractivity contribution in [2.24, 2.45) is 0 Å². The normalized spacial score (nSPS) is 10.6. The van der Waals surface area contributed by atoms with Gasteiger partial charge in [-0.05, 0) is 41.8 Å². The van der Waals surface area contributed by atoms with E-state index < -0.39 is 0 Å². The zero-order valence-corrected chi connectivity index (χ0v) is 14.2. The third kappa shape index (κ3) is 3.36. The van der Waals surface area contributed by atoms with E-state index in [4.69, 9.17) is 4.98 Å². The summed E-state index contributed by atoms with van der Waals surface area (Å²) in [6.45, 7) is 2.12. The Hall–Kier alpha value is -3.19. The molecule has 1 nitrogen and oxygen atoms in total. The van der Waals surface area contributed by atoms with Crippen LogP contribution in [0.4, 0.5) is 0 Å². The van der Waals surface area contributed by atoms with Crippen LogP contribution in [0.25, 0.3) is 33.6 Å². The lowest BCUT2D eigenvalue weighted by Gasteiger charge is -2.09. The summed E-state index contributed by atoms with van der Waals surface area (Å²) < 4.78 is 0. The highest BCUT2D eigenvalue weighted by Gasteiger charge is 2.07. The maximum Gasteiger partial charge on any atom is 0.0712 e. The zero-order valence-electron chi connectivity index (χ0n) is 14.2. The Morgan fingerprint density at radius 3 is 1.68 bits per heavy atom. The van der Waals surface area contributed by atoms with Gasteiger partial charge >= 0.3 is 0 Å². The molecule has 0 saturated carbocycles. The lowest BCUT2D eigenvalue weighted by molar-refractivity contribution is 1.29. The number of benzene rings is 3. The Balaban J connectivity index is 1.79. The summed E-state index contributed by atoms with van der Waals surface area (Å²) in [5.74, 6) is 0. The fraction of sp³-hybridized carbons (Fsp3) is 0.0417. The molecule has 0 radical (unpaired) electrons. The summed E-state index contributed by atoms with van der Waals surface area (Å²) in [4.78, 5) is 4.91. The minimum Gasteiger partial charge on any atom is -0.248 e. The second-order valence-electron chi connectivity index (χ2n) is 6.23. The minimum atomic E-state index is 1.01. The van der Waals surface area contributed by atoms with E-state index >= 15 is 0 Å². The average molecular weight is 321 g/mol. The molecule has 4 rings (SSSR count). The number of aryl methyl sites for hydroxylation is 1. The van der Waals surface area contributed by atoms with Crippen LogP contribution in [-0.2, 0) is 0 Å². The first-order valence-electron chi connectivity index (χ1n) is 8.49. The predicted molar refractivity (Wildman–Crippen MR) is 105 cm³/mol. The molecule has 0 aliphatic carbocycles. The van der Waals surface area contributed by atoms with Crippen molar-refractivity contribution in [3.8, 4) is 33.6 Å². The van der Waals surface area contributed by atoms with Crippen LogP contribution in [0.5, 0.6) is 0 Å². The number of pyridine rings is 1. The van der Waals surface area contributed by atoms with Crippen molar-refractivity contribution in [1.29, 1.82) is 0 Å². The Morgan fingerprint density at radius 2 is 1.00 bits per heavy atom. The van der Waals surface area contributed by atoms with Crippen LogP contribution in [0.15, 0.2) is 97.1 Å². The van der Waals surface area contributed by atoms with E-state index in [9.17, 15) is 0 Å². The Kier molecular flexibility index (Phi) is 4.14. The van der Waals surface area contributed by atoms with Crippen molar-refractivity contribution in [2.75, 3.05) is 0 Å². The first kappa shape index (κ1) is 15.3. The van der Waals surface area contributed by atoms with Gasteiger partial charge < -0.3 is 0 Å². The molecule has 120 valence electrons. The van der Waals surface area contributed by atoms with Crippen LogP contribution in [0.3, 0.4) is 0 Å². The van der Waals surface area contributed by atoms with Crippen molar-refractivity contribution < 1.29 is 0 Å². The Bertz CT molecular complexity index is 989. The molecule has 0 fully saturated rings. The summed E-state index contributed by atoms with van der Waals surface area (Å²) in [5.41, 5.74) is 7.96. The molecule has 0 unspecified atom stereocenters. The molecule has 25 heavy (non-hydrogen) atoms. The third-order valence-corrected chi connectivity index (χ3v) is 4.30. The molecule has 1 heterocycles. The van der Waals surface area contributed by atoms with E-state index in [0.717, 1.165) is 22.5 Å². The van der Waals surface area contributed by atoms with Gasteiger partial charge in [0.15, 0.2) is 0 Å². The van der Waals surface area contributed by atoms with E-state index in [0.29, 0.717) is 0 Å². The number of hydrogen-bond acceptors (Lipinski definition) is 1. The van der Waals surface area contributed by atoms with Crippen molar-refractivity contribution in [2.45, 2.75) is 6.92 Å². The van der Waals surface area contributed by atoms with Crippen LogP contribution in [0, 0.1) is 6.92 Å². The maximum absolute atomic E-state index is 4.91. The molecule has 1 aromatic heterocycles. The van der Waals surface area contributed by atoms with Crippen molar-refractivity contribution in [1.82, 2.24) is 4.98 Å². The quantitative estimate of drug-likeness (QED) is 0.426. The maximum atomic E-state index is 4.91. The molecular weight excluding hydrogens is 302 g/mol. The summed E-state index contributed by atoms with van der Waals surface area (Å²) in [7, 11) is 0. The molecule has 0 aliphatic rings. The lowest BCUT2D eigenvalue weighted by Crippen LogP contribution is -1.90. The van der Waals surface area contributed by atoms with Gasteiger partial charge in [0.1, 0.15) is 0 Å². The van der Waals surface area contributed by atoms with Gasteiger partial charge in [-0.2, -0.15) is 0 Å². The first-order chi connectivity index (χ1) is 12.3. The van der Waals surface area contributed by atoms with Crippen molar-refractivity contribution in [3.05, 3.63) is 103 Å². The van der Waals surface area contributed by atoms with Crippen molar-refractivity contribution >= 4 is 0 Å². The molecule has 0 spiro atoms. The second kappa shape index (κ2) is 6.74. The first-order valence-corrected chi connectivity index (χ1v) is 8.49. The Labute approximate surface area is 148 Å². The molecule has 0 N–H and O–H groups in total. The third-order valence-electron chi connectivity index (χ3n) is 4.30. The monoisotopic (exact) mass is 321 g/mol. The van der Waals surface area contributed by atoms with Gasteiger partial charge in [-0.1, -0.05) is 78.9 Å². The zero-order chi connectivity index (χ0) is 17.1. The van der Waals surface area contributed by atoms with Crippen LogP contribution in [0.2, 0.25) is 0 Å². The van der Waals surface area contributed by atoms with Gasteiger partial charge in [0.05, 0.1) is 11.4 Å². The molecule has 0 saturated heterocycles. The molecule has 3 aromatic carbocycles. The highest BCUT2D eigenvalue weighted by Crippen LogP contribution is 2.28. The average Bonchev–Trinajstić information content (AvgIpc) is 2.69. The summed E-state index contributed by atoms with van der Waals surface area (Å²) >= 11 is 0. The largest absolute Gasteiger partial charge is 0.248 e. The summed E-state index contributed by atoms with van der Waals surface area (Å²) in [6.07, 6.45) is 0. The molecule has 0 bridgehead atoms. The van der Waals surface area contributed by atoms with Gasteiger partial charge in [-0.25, -0.2) is 4.98 Å². The molecular formula is C24H19N. The second-order valence-corrected chi connectivity index (χ2v) is 6.23. The number of hydrogen-bond donors (Lipinski definition) is 0. The highest BCUT2D eigenvalue weighted by molar-refractivity contribution is 5.73. The summed E-state index contributed by atoms with van der Waals surface area (Å²) in [5, 5.41) is 0. The topological polar surface area (TPSA) is 12.9 Å². The van der Waals surface area contributed by atoms with Crippen LogP contribution in [0.1, 0.15) is 5.56 Å². The fourth-order valence-electron chi connectivity index (χ4n) is 3.06. The highest BCUT2D eigenvalue weighted by atomic mass is 14.7. The van der Waals surface area contributed by atoms with E-state index in [-0.39, 0.29) is 0 Å². The minimum absolute atomic E-state index is 1.01. The van der Waals surface area contributed by atoms with Gasteiger partial charge in [0.25, 0.3) is 0 Å². The van der Waals surface area contributed by atoms with E-state index in [1.807, 2.05) is 12.1 Å². The standard InChI is InChI=1S/C24H19N/c1-18-15-23(20-11-6-3-7-12-20)25-24(16-18)22-14-8-13-21(17-22)19-9-4-2-5-10-19/h2-17H,1H3. The Morgan fingerprint density at radius 1 is 0.480 bits per heavy atom. The van der Waals surface area contributed by atoms with Crippen LogP contribution in [-0.4, -0.2) is 4.98 Å². The van der Waals surface area contributed by atoms with Gasteiger partial charge in [0, 0.05) is 11.1 Å². The van der Waals surface area contributed by atoms with E-state index in [1.165, 1.54) is 16.7 Å². The van der Waals surface area contributed by atoms with E-state index in [2.05, 4.69) is 91.9 Å². The number of nitrogens with zero attached hydrogens (tertiary/aromatic N) is 1. The van der Waals surface area contributed by atoms with Crippen molar-refractivity contribution in [3.63, 3.8) is 0 Å². The van der Waals surface area contributed by atoms with Gasteiger partial charge in [0.2, 0.25) is 0 Å². The SMILES string of the molecule is Cc1cc(-c2ccccc2)nc(-c2cccc(-c3ccccc3)c2)c1. The molecule has 4 aromatic rings. The lowest BCUT2D eigenvalue weighted by atomic mass is 10.0. The van der Waals surface area contributed by atoms with Gasteiger partial charge in [-0.15, -0.1) is 0 Å². The molecule has 0 atom stereocenters. The van der Waals surface area contributed by atoms with Gasteiger partial charge in [-0.3, -0.25) is 0 Å². The van der Waals surface area contributed by atoms with Crippen LogP contribution < -0.4 is 0 Å². The molecule has 1 heteroatoms. The number of rotatable bonds is 3. The summed E-state index contributed by atoms with van der Waals surface area (Å²) in [6, 6.07) is 33.7. The predicted octanol–water partition coefficient (Wildman–Crippen LogP) is 6.39. The number of aromatic nitrogens is 1. The fourth-order valence-corrected chi connectivity index (χ4v) is 3.06. The molecule has 0 aliphatic heterocycles. The smallest absolute Gasteiger partial charge is 0.0712 e. The molecule has 0 amide bonds. The van der Waals surface area contributed by atoms with E-state index in [1.54, 1.807) is 0 Å². The van der Waals surface area contributed by atoms with Crippen LogP contribution >= 0.6 is 0 Å².